The van der Waals surface area contributed by atoms with Gasteiger partial charge in [0, 0.05) is 11.3 Å². The summed E-state index contributed by atoms with van der Waals surface area (Å²) >= 11 is 0. The van der Waals surface area contributed by atoms with Crippen LogP contribution in [0.5, 0.6) is 0 Å². The second-order valence-corrected chi connectivity index (χ2v) is 4.20. The molecule has 0 unspecified atom stereocenters. The van der Waals surface area contributed by atoms with Crippen LogP contribution in [-0.2, 0) is 6.42 Å². The van der Waals surface area contributed by atoms with Gasteiger partial charge in [-0.2, -0.15) is 0 Å². The summed E-state index contributed by atoms with van der Waals surface area (Å²) in [6.45, 7) is 2.36. The Morgan fingerprint density at radius 1 is 1.40 bits per heavy atom. The lowest BCUT2D eigenvalue weighted by molar-refractivity contribution is 0.102. The van der Waals surface area contributed by atoms with E-state index in [1.165, 1.54) is 12.5 Å². The molecule has 1 amide bonds. The summed E-state index contributed by atoms with van der Waals surface area (Å²) in [5, 5.41) is 2.88. The Morgan fingerprint density at radius 3 is 2.90 bits per heavy atom. The van der Waals surface area contributed by atoms with Crippen LogP contribution in [0.25, 0.3) is 0 Å². The molecule has 0 fully saturated rings. The minimum absolute atomic E-state index is 0.186. The van der Waals surface area contributed by atoms with E-state index in [1.54, 1.807) is 6.07 Å². The normalized spacial score (nSPS) is 9.70. The summed E-state index contributed by atoms with van der Waals surface area (Å²) in [7, 11) is 0. The molecule has 0 bridgehead atoms. The molecule has 0 spiro atoms. The van der Waals surface area contributed by atoms with Gasteiger partial charge >= 0.3 is 0 Å². The highest BCUT2D eigenvalue weighted by atomic mass is 16.3. The summed E-state index contributed by atoms with van der Waals surface area (Å²) in [5.74, 6) is 5.62. The number of carbonyl (C=O) groups is 1. The lowest BCUT2D eigenvalue weighted by atomic mass is 10.1. The molecule has 0 aliphatic heterocycles. The fourth-order valence-corrected chi connectivity index (χ4v) is 1.83. The van der Waals surface area contributed by atoms with E-state index >= 15 is 0 Å². The number of nitrogens with one attached hydrogen (secondary N) is 1. The third-order valence-electron chi connectivity index (χ3n) is 2.85. The van der Waals surface area contributed by atoms with Gasteiger partial charge in [-0.05, 0) is 36.2 Å². The van der Waals surface area contributed by atoms with Crippen molar-refractivity contribution in [3.63, 3.8) is 0 Å². The lowest BCUT2D eigenvalue weighted by Gasteiger charge is -2.09. The molecule has 20 heavy (non-hydrogen) atoms. The summed E-state index contributed by atoms with van der Waals surface area (Å²) in [6, 6.07) is 7.32. The van der Waals surface area contributed by atoms with Crippen LogP contribution in [0.4, 0.5) is 5.69 Å². The number of furan rings is 1. The molecule has 4 heteroatoms. The summed E-state index contributed by atoms with van der Waals surface area (Å²) in [6.07, 6.45) is 3.70. The number of hydrogen-bond acceptors (Lipinski definition) is 3. The number of anilines is 1. The maximum Gasteiger partial charge on any atom is 0.258 e. The summed E-state index contributed by atoms with van der Waals surface area (Å²) in [5.41, 5.74) is 8.58. The number of amides is 1. The van der Waals surface area contributed by atoms with E-state index in [9.17, 15) is 4.79 Å². The van der Waals surface area contributed by atoms with Crippen LogP contribution in [0, 0.1) is 11.8 Å². The van der Waals surface area contributed by atoms with E-state index in [-0.39, 0.29) is 5.91 Å². The Labute approximate surface area is 118 Å². The molecule has 3 N–H and O–H groups in total. The SMILES string of the molecule is CCc1cc(C#CCN)ccc1NC(=O)c1ccoc1. The number of carbonyl (C=O) groups excluding carboxylic acids is 1. The molecule has 2 rings (SSSR count). The molecule has 102 valence electrons. The Morgan fingerprint density at radius 2 is 2.25 bits per heavy atom. The lowest BCUT2D eigenvalue weighted by Crippen LogP contribution is -2.12. The van der Waals surface area contributed by atoms with Gasteiger partial charge in [0.25, 0.3) is 5.91 Å². The van der Waals surface area contributed by atoms with Crippen molar-refractivity contribution >= 4 is 11.6 Å². The zero-order valence-corrected chi connectivity index (χ0v) is 11.3. The Kier molecular flexibility index (Phi) is 4.59. The van der Waals surface area contributed by atoms with Crippen molar-refractivity contribution in [3.8, 4) is 11.8 Å². The first-order chi connectivity index (χ1) is 9.74. The van der Waals surface area contributed by atoms with E-state index in [4.69, 9.17) is 10.2 Å². The first-order valence-electron chi connectivity index (χ1n) is 6.40. The van der Waals surface area contributed by atoms with Crippen LogP contribution < -0.4 is 11.1 Å². The molecule has 1 aromatic carbocycles. The fourth-order valence-electron chi connectivity index (χ4n) is 1.83. The molecule has 4 nitrogen and oxygen atoms in total. The van der Waals surface area contributed by atoms with Crippen LogP contribution in [0.15, 0.2) is 41.2 Å². The first kappa shape index (κ1) is 13.9. The highest BCUT2D eigenvalue weighted by molar-refractivity contribution is 6.04. The predicted molar refractivity (Wildman–Crippen MR) is 78.4 cm³/mol. The Hall–Kier alpha value is -2.51. The highest BCUT2D eigenvalue weighted by Gasteiger charge is 2.09. The van der Waals surface area contributed by atoms with Crippen molar-refractivity contribution in [3.05, 3.63) is 53.5 Å². The standard InChI is InChI=1S/C16H16N2O2/c1-2-13-10-12(4-3-8-17)5-6-15(13)18-16(19)14-7-9-20-11-14/h5-7,9-11H,2,8,17H2,1H3,(H,18,19). The zero-order valence-electron chi connectivity index (χ0n) is 11.3. The number of benzene rings is 1. The van der Waals surface area contributed by atoms with Crippen molar-refractivity contribution in [2.75, 3.05) is 11.9 Å². The van der Waals surface area contributed by atoms with E-state index in [1.807, 2.05) is 25.1 Å². The monoisotopic (exact) mass is 268 g/mol. The molecule has 0 aliphatic rings. The van der Waals surface area contributed by atoms with Crippen molar-refractivity contribution in [2.45, 2.75) is 13.3 Å². The van der Waals surface area contributed by atoms with Crippen molar-refractivity contribution in [1.82, 2.24) is 0 Å². The third kappa shape index (κ3) is 3.28. The maximum atomic E-state index is 12.0. The summed E-state index contributed by atoms with van der Waals surface area (Å²) in [4.78, 5) is 12.0. The minimum atomic E-state index is -0.186. The summed E-state index contributed by atoms with van der Waals surface area (Å²) < 4.78 is 4.90. The van der Waals surface area contributed by atoms with Gasteiger partial charge in [-0.25, -0.2) is 0 Å². The van der Waals surface area contributed by atoms with Crippen LogP contribution >= 0.6 is 0 Å². The number of nitrogens with two attached hydrogens (primary N) is 1. The maximum absolute atomic E-state index is 12.0. The zero-order chi connectivity index (χ0) is 14.4. The van der Waals surface area contributed by atoms with Crippen molar-refractivity contribution in [2.24, 2.45) is 5.73 Å². The van der Waals surface area contributed by atoms with Gasteiger partial charge in [-0.1, -0.05) is 18.8 Å². The van der Waals surface area contributed by atoms with Crippen LogP contribution in [0.1, 0.15) is 28.4 Å². The fraction of sp³-hybridized carbons (Fsp3) is 0.188. The molecule has 0 saturated carbocycles. The molecular formula is C16H16N2O2. The molecular weight excluding hydrogens is 252 g/mol. The quantitative estimate of drug-likeness (QED) is 0.840. The molecule has 0 saturated heterocycles. The second-order valence-electron chi connectivity index (χ2n) is 4.20. The molecule has 0 aliphatic carbocycles. The molecule has 1 aromatic heterocycles. The Bertz CT molecular complexity index is 649. The third-order valence-corrected chi connectivity index (χ3v) is 2.85. The minimum Gasteiger partial charge on any atom is -0.472 e. The van der Waals surface area contributed by atoms with Gasteiger partial charge in [0.15, 0.2) is 0 Å². The van der Waals surface area contributed by atoms with Gasteiger partial charge < -0.3 is 15.5 Å². The molecule has 1 heterocycles. The van der Waals surface area contributed by atoms with Crippen LogP contribution in [0.3, 0.4) is 0 Å². The Balaban J connectivity index is 2.21. The topological polar surface area (TPSA) is 68.3 Å². The largest absolute Gasteiger partial charge is 0.472 e. The predicted octanol–water partition coefficient (Wildman–Crippen LogP) is 2.40. The average Bonchev–Trinajstić information content (AvgIpc) is 3.00. The van der Waals surface area contributed by atoms with Crippen LogP contribution in [0.2, 0.25) is 0 Å². The van der Waals surface area contributed by atoms with E-state index in [0.29, 0.717) is 12.1 Å². The van der Waals surface area contributed by atoms with Crippen LogP contribution in [-0.4, -0.2) is 12.5 Å². The number of rotatable bonds is 3. The van der Waals surface area contributed by atoms with Gasteiger partial charge in [0.2, 0.25) is 0 Å². The first-order valence-corrected chi connectivity index (χ1v) is 6.40. The van der Waals surface area contributed by atoms with Crippen molar-refractivity contribution < 1.29 is 9.21 Å². The second kappa shape index (κ2) is 6.60. The number of aryl methyl sites for hydroxylation is 1. The van der Waals surface area contributed by atoms with Gasteiger partial charge in [-0.3, -0.25) is 4.79 Å². The van der Waals surface area contributed by atoms with Gasteiger partial charge in [0.05, 0.1) is 18.4 Å². The average molecular weight is 268 g/mol. The molecule has 0 atom stereocenters. The van der Waals surface area contributed by atoms with Gasteiger partial charge in [-0.15, -0.1) is 0 Å². The van der Waals surface area contributed by atoms with E-state index < -0.39 is 0 Å². The van der Waals surface area contributed by atoms with E-state index in [0.717, 1.165) is 23.2 Å². The number of hydrogen-bond donors (Lipinski definition) is 2. The van der Waals surface area contributed by atoms with E-state index in [2.05, 4.69) is 17.2 Å². The molecule has 0 radical (unpaired) electrons. The highest BCUT2D eigenvalue weighted by Crippen LogP contribution is 2.19. The molecule has 2 aromatic rings. The van der Waals surface area contributed by atoms with Gasteiger partial charge in [0.1, 0.15) is 6.26 Å². The van der Waals surface area contributed by atoms with Crippen molar-refractivity contribution in [1.29, 1.82) is 0 Å². The smallest absolute Gasteiger partial charge is 0.258 e.